The van der Waals surface area contributed by atoms with Gasteiger partial charge in [0, 0.05) is 6.07 Å². The Hall–Kier alpha value is -0.810. The van der Waals surface area contributed by atoms with Gasteiger partial charge in [0.2, 0.25) is 11.2 Å². The first kappa shape index (κ1) is 12.6. The molecule has 17 heavy (non-hydrogen) atoms. The molecule has 1 aromatic heterocycles. The van der Waals surface area contributed by atoms with E-state index >= 15 is 0 Å². The predicted molar refractivity (Wildman–Crippen MR) is 66.4 cm³/mol. The fraction of sp³-hybridized carbons (Fsp3) is 0. The molecule has 1 aromatic carbocycles. The van der Waals surface area contributed by atoms with Crippen molar-refractivity contribution in [3.63, 3.8) is 0 Å². The standard InChI is InChI=1S/C9H3Cl4N3O/c10-4-1-6(12)7(2-5(4)11)17-8-3-14-16-9(13)15-8/h1-3H. The molecule has 0 amide bonds. The zero-order valence-electron chi connectivity index (χ0n) is 7.99. The van der Waals surface area contributed by atoms with Crippen molar-refractivity contribution in [2.24, 2.45) is 0 Å². The molecular formula is C9H3Cl4N3O. The fourth-order valence-electron chi connectivity index (χ4n) is 1.01. The molecule has 2 aromatic rings. The molecule has 0 aliphatic heterocycles. The van der Waals surface area contributed by atoms with Crippen LogP contribution in [0.4, 0.5) is 0 Å². The summed E-state index contributed by atoms with van der Waals surface area (Å²) in [6.45, 7) is 0. The van der Waals surface area contributed by atoms with Crippen LogP contribution in [0.3, 0.4) is 0 Å². The second-order valence-corrected chi connectivity index (χ2v) is 4.42. The molecule has 0 bridgehead atoms. The second-order valence-electron chi connectivity index (χ2n) is 2.86. The Kier molecular flexibility index (Phi) is 3.89. The van der Waals surface area contributed by atoms with Crippen molar-refractivity contribution >= 4 is 46.4 Å². The highest BCUT2D eigenvalue weighted by Gasteiger charge is 2.09. The highest BCUT2D eigenvalue weighted by molar-refractivity contribution is 6.43. The van der Waals surface area contributed by atoms with Gasteiger partial charge in [0.05, 0.1) is 15.1 Å². The van der Waals surface area contributed by atoms with E-state index in [9.17, 15) is 0 Å². The van der Waals surface area contributed by atoms with Gasteiger partial charge in [-0.2, -0.15) is 10.1 Å². The smallest absolute Gasteiger partial charge is 0.246 e. The molecule has 2 rings (SSSR count). The fourth-order valence-corrected chi connectivity index (χ4v) is 1.71. The Morgan fingerprint density at radius 1 is 0.941 bits per heavy atom. The first-order valence-electron chi connectivity index (χ1n) is 4.24. The van der Waals surface area contributed by atoms with Gasteiger partial charge >= 0.3 is 0 Å². The van der Waals surface area contributed by atoms with Gasteiger partial charge in [-0.3, -0.25) is 0 Å². The molecule has 8 heteroatoms. The first-order chi connectivity index (χ1) is 8.06. The maximum absolute atomic E-state index is 5.93. The molecule has 0 saturated heterocycles. The quantitative estimate of drug-likeness (QED) is 0.777. The molecule has 0 N–H and O–H groups in total. The molecular weight excluding hydrogens is 308 g/mol. The van der Waals surface area contributed by atoms with Gasteiger partial charge in [-0.05, 0) is 17.7 Å². The van der Waals surface area contributed by atoms with Gasteiger partial charge in [-0.25, -0.2) is 0 Å². The molecule has 1 heterocycles. The van der Waals surface area contributed by atoms with E-state index in [1.165, 1.54) is 18.3 Å². The monoisotopic (exact) mass is 309 g/mol. The zero-order valence-corrected chi connectivity index (χ0v) is 11.0. The molecule has 0 radical (unpaired) electrons. The average molecular weight is 311 g/mol. The predicted octanol–water partition coefficient (Wildman–Crippen LogP) is 4.28. The van der Waals surface area contributed by atoms with E-state index < -0.39 is 0 Å². The van der Waals surface area contributed by atoms with Crippen LogP contribution < -0.4 is 4.74 Å². The van der Waals surface area contributed by atoms with Gasteiger partial charge in [0.15, 0.2) is 0 Å². The Bertz CT molecular complexity index is 564. The van der Waals surface area contributed by atoms with E-state index in [1.54, 1.807) is 0 Å². The summed E-state index contributed by atoms with van der Waals surface area (Å²) in [4.78, 5) is 3.80. The van der Waals surface area contributed by atoms with Crippen LogP contribution in [0.2, 0.25) is 20.4 Å². The largest absolute Gasteiger partial charge is 0.436 e. The van der Waals surface area contributed by atoms with Gasteiger partial charge in [-0.15, -0.1) is 5.10 Å². The zero-order chi connectivity index (χ0) is 12.4. The molecule has 88 valence electrons. The summed E-state index contributed by atoms with van der Waals surface area (Å²) in [5.41, 5.74) is 0. The van der Waals surface area contributed by atoms with Crippen molar-refractivity contribution in [3.8, 4) is 11.6 Å². The normalized spacial score (nSPS) is 10.4. The number of rotatable bonds is 2. The SMILES string of the molecule is Clc1nncc(Oc2cc(Cl)c(Cl)cc2Cl)n1. The van der Waals surface area contributed by atoms with Crippen molar-refractivity contribution < 1.29 is 4.74 Å². The topological polar surface area (TPSA) is 47.9 Å². The molecule has 0 aliphatic rings. The minimum absolute atomic E-state index is 0.0290. The molecule has 0 aliphatic carbocycles. The van der Waals surface area contributed by atoms with Crippen LogP contribution in [0.15, 0.2) is 18.3 Å². The lowest BCUT2D eigenvalue weighted by Gasteiger charge is -2.07. The summed E-state index contributed by atoms with van der Waals surface area (Å²) in [6, 6.07) is 2.94. The maximum Gasteiger partial charge on any atom is 0.246 e. The average Bonchev–Trinajstić information content (AvgIpc) is 2.26. The maximum atomic E-state index is 5.93. The third-order valence-corrected chi connectivity index (χ3v) is 2.88. The van der Waals surface area contributed by atoms with Crippen LogP contribution in [-0.2, 0) is 0 Å². The van der Waals surface area contributed by atoms with Crippen LogP contribution in [-0.4, -0.2) is 15.2 Å². The number of benzene rings is 1. The van der Waals surface area contributed by atoms with Crippen LogP contribution in [0.5, 0.6) is 11.6 Å². The second kappa shape index (κ2) is 5.23. The van der Waals surface area contributed by atoms with E-state index in [1.807, 2.05) is 0 Å². The number of nitrogens with zero attached hydrogens (tertiary/aromatic N) is 3. The van der Waals surface area contributed by atoms with Crippen molar-refractivity contribution in [1.82, 2.24) is 15.2 Å². The minimum atomic E-state index is -0.0290. The van der Waals surface area contributed by atoms with Gasteiger partial charge < -0.3 is 4.74 Å². The first-order valence-corrected chi connectivity index (χ1v) is 5.75. The third kappa shape index (κ3) is 3.10. The molecule has 4 nitrogen and oxygen atoms in total. The Labute approximate surface area is 116 Å². The summed E-state index contributed by atoms with van der Waals surface area (Å²) in [7, 11) is 0. The molecule has 0 spiro atoms. The van der Waals surface area contributed by atoms with E-state index in [0.29, 0.717) is 20.8 Å². The number of aromatic nitrogens is 3. The van der Waals surface area contributed by atoms with Gasteiger partial charge in [0.1, 0.15) is 11.9 Å². The van der Waals surface area contributed by atoms with Crippen molar-refractivity contribution in [2.75, 3.05) is 0 Å². The van der Waals surface area contributed by atoms with Crippen LogP contribution >= 0.6 is 46.4 Å². The molecule has 0 saturated carbocycles. The third-order valence-electron chi connectivity index (χ3n) is 1.70. The lowest BCUT2D eigenvalue weighted by atomic mass is 10.3. The van der Waals surface area contributed by atoms with E-state index in [2.05, 4.69) is 15.2 Å². The van der Waals surface area contributed by atoms with Crippen LogP contribution in [0, 0.1) is 0 Å². The summed E-state index contributed by atoms with van der Waals surface area (Å²) in [6.07, 6.45) is 1.30. The number of ether oxygens (including phenoxy) is 1. The summed E-state index contributed by atoms with van der Waals surface area (Å²) < 4.78 is 5.35. The van der Waals surface area contributed by atoms with E-state index in [-0.39, 0.29) is 11.2 Å². The van der Waals surface area contributed by atoms with Crippen molar-refractivity contribution in [3.05, 3.63) is 38.7 Å². The molecule has 0 atom stereocenters. The number of hydrogen-bond acceptors (Lipinski definition) is 4. The number of halogens is 4. The summed E-state index contributed by atoms with van der Waals surface area (Å²) >= 11 is 23.1. The van der Waals surface area contributed by atoms with Gasteiger partial charge in [0.25, 0.3) is 0 Å². The van der Waals surface area contributed by atoms with Crippen LogP contribution in [0.1, 0.15) is 0 Å². The summed E-state index contributed by atoms with van der Waals surface area (Å²) in [5.74, 6) is 0.461. The minimum Gasteiger partial charge on any atom is -0.436 e. The van der Waals surface area contributed by atoms with Crippen molar-refractivity contribution in [1.29, 1.82) is 0 Å². The molecule has 0 unspecified atom stereocenters. The highest BCUT2D eigenvalue weighted by Crippen LogP contribution is 2.35. The number of hydrogen-bond donors (Lipinski definition) is 0. The Morgan fingerprint density at radius 3 is 2.35 bits per heavy atom. The lowest BCUT2D eigenvalue weighted by Crippen LogP contribution is -1.93. The van der Waals surface area contributed by atoms with E-state index in [0.717, 1.165) is 0 Å². The molecule has 0 fully saturated rings. The van der Waals surface area contributed by atoms with Crippen LogP contribution in [0.25, 0.3) is 0 Å². The Morgan fingerprint density at radius 2 is 1.65 bits per heavy atom. The highest BCUT2D eigenvalue weighted by atomic mass is 35.5. The summed E-state index contributed by atoms with van der Waals surface area (Å²) in [5, 5.41) is 7.98. The van der Waals surface area contributed by atoms with E-state index in [4.69, 9.17) is 51.1 Å². The van der Waals surface area contributed by atoms with Gasteiger partial charge in [-0.1, -0.05) is 34.8 Å². The Balaban J connectivity index is 2.33. The lowest BCUT2D eigenvalue weighted by molar-refractivity contribution is 0.457. The van der Waals surface area contributed by atoms with Crippen molar-refractivity contribution in [2.45, 2.75) is 0 Å².